The fourth-order valence-corrected chi connectivity index (χ4v) is 2.53. The summed E-state index contributed by atoms with van der Waals surface area (Å²) in [7, 11) is 0. The molecule has 2 N–H and O–H groups in total. The minimum atomic E-state index is -4.41. The zero-order valence-electron chi connectivity index (χ0n) is 10.5. The van der Waals surface area contributed by atoms with Gasteiger partial charge in [-0.05, 0) is 18.9 Å². The molecule has 0 amide bonds. The van der Waals surface area contributed by atoms with Gasteiger partial charge in [-0.15, -0.1) is 0 Å². The second-order valence-corrected chi connectivity index (χ2v) is 4.95. The van der Waals surface area contributed by atoms with E-state index in [1.54, 1.807) is 6.07 Å². The summed E-state index contributed by atoms with van der Waals surface area (Å²) in [5.74, 6) is 0.219. The third-order valence-corrected chi connectivity index (χ3v) is 3.51. The van der Waals surface area contributed by atoms with Gasteiger partial charge in [0.1, 0.15) is 5.82 Å². The Labute approximate surface area is 113 Å². The molecule has 0 saturated carbocycles. The lowest BCUT2D eigenvalue weighted by Gasteiger charge is -2.14. The van der Waals surface area contributed by atoms with E-state index in [0.29, 0.717) is 19.3 Å². The number of benzene rings is 1. The lowest BCUT2D eigenvalue weighted by atomic mass is 9.99. The van der Waals surface area contributed by atoms with E-state index < -0.39 is 17.8 Å². The first-order valence-electron chi connectivity index (χ1n) is 6.37. The van der Waals surface area contributed by atoms with Gasteiger partial charge in [0.2, 0.25) is 0 Å². The number of alkyl halides is 3. The van der Waals surface area contributed by atoms with Gasteiger partial charge in [0.05, 0.1) is 17.4 Å². The molecule has 0 fully saturated rings. The summed E-state index contributed by atoms with van der Waals surface area (Å²) >= 11 is 0. The Morgan fingerprint density at radius 2 is 2.00 bits per heavy atom. The van der Waals surface area contributed by atoms with Crippen LogP contribution in [0, 0.1) is 0 Å². The number of aliphatic hydroxyl groups excluding tert-OH is 1. The Bertz CT molecular complexity index is 634. The molecule has 1 aliphatic carbocycles. The molecule has 1 aromatic carbocycles. The standard InChI is InChI=1S/C14H13F3N2O/c15-14(16,17)10-4-2-1-3-9(10)13-18-11-6-5-8(20)7-12(11)19-13/h1-4,8,20H,5-7H2,(H,18,19). The van der Waals surface area contributed by atoms with Gasteiger partial charge in [-0.2, -0.15) is 13.2 Å². The van der Waals surface area contributed by atoms with Gasteiger partial charge in [0.15, 0.2) is 0 Å². The molecule has 1 heterocycles. The van der Waals surface area contributed by atoms with Gasteiger partial charge in [-0.1, -0.05) is 18.2 Å². The number of fused-ring (bicyclic) bond motifs is 1. The molecular formula is C14H13F3N2O. The number of rotatable bonds is 1. The van der Waals surface area contributed by atoms with E-state index in [0.717, 1.165) is 17.5 Å². The van der Waals surface area contributed by atoms with Crippen molar-refractivity contribution in [3.05, 3.63) is 41.2 Å². The van der Waals surface area contributed by atoms with E-state index in [-0.39, 0.29) is 11.4 Å². The molecule has 1 atom stereocenters. The molecule has 1 aliphatic rings. The second-order valence-electron chi connectivity index (χ2n) is 4.95. The van der Waals surface area contributed by atoms with Gasteiger partial charge < -0.3 is 10.1 Å². The van der Waals surface area contributed by atoms with Crippen LogP contribution in [-0.2, 0) is 19.0 Å². The average Bonchev–Trinajstić information content (AvgIpc) is 2.80. The summed E-state index contributed by atoms with van der Waals surface area (Å²) in [6.45, 7) is 0. The summed E-state index contributed by atoms with van der Waals surface area (Å²) < 4.78 is 39.0. The van der Waals surface area contributed by atoms with Crippen LogP contribution in [0.5, 0.6) is 0 Å². The highest BCUT2D eigenvalue weighted by molar-refractivity contribution is 5.62. The summed E-state index contributed by atoms with van der Waals surface area (Å²) in [5.41, 5.74) is 0.827. The van der Waals surface area contributed by atoms with E-state index in [9.17, 15) is 18.3 Å². The predicted molar refractivity (Wildman–Crippen MR) is 67.1 cm³/mol. The van der Waals surface area contributed by atoms with E-state index in [4.69, 9.17) is 0 Å². The molecule has 3 nitrogen and oxygen atoms in total. The Kier molecular flexibility index (Phi) is 3.05. The molecule has 3 rings (SSSR count). The molecule has 106 valence electrons. The minimum Gasteiger partial charge on any atom is -0.393 e. The number of hydrogen-bond acceptors (Lipinski definition) is 2. The maximum absolute atomic E-state index is 13.0. The largest absolute Gasteiger partial charge is 0.417 e. The number of nitrogens with zero attached hydrogens (tertiary/aromatic N) is 1. The molecular weight excluding hydrogens is 269 g/mol. The van der Waals surface area contributed by atoms with Crippen LogP contribution >= 0.6 is 0 Å². The number of H-pyrrole nitrogens is 1. The first-order valence-corrected chi connectivity index (χ1v) is 6.37. The summed E-state index contributed by atoms with van der Waals surface area (Å²) in [6, 6.07) is 5.37. The van der Waals surface area contributed by atoms with Gasteiger partial charge in [-0.25, -0.2) is 4.98 Å². The molecule has 0 saturated heterocycles. The van der Waals surface area contributed by atoms with Gasteiger partial charge >= 0.3 is 6.18 Å². The maximum Gasteiger partial charge on any atom is 0.417 e. The summed E-state index contributed by atoms with van der Waals surface area (Å²) in [5, 5.41) is 9.59. The number of aromatic amines is 1. The van der Waals surface area contributed by atoms with Crippen LogP contribution in [-0.4, -0.2) is 21.2 Å². The highest BCUT2D eigenvalue weighted by atomic mass is 19.4. The van der Waals surface area contributed by atoms with Gasteiger partial charge in [0, 0.05) is 17.7 Å². The number of nitrogens with one attached hydrogen (secondary N) is 1. The van der Waals surface area contributed by atoms with E-state index in [1.165, 1.54) is 12.1 Å². The van der Waals surface area contributed by atoms with Crippen LogP contribution < -0.4 is 0 Å². The number of hydrogen-bond donors (Lipinski definition) is 2. The van der Waals surface area contributed by atoms with Crippen molar-refractivity contribution in [2.75, 3.05) is 0 Å². The van der Waals surface area contributed by atoms with Crippen molar-refractivity contribution in [1.29, 1.82) is 0 Å². The van der Waals surface area contributed by atoms with Crippen LogP contribution in [0.2, 0.25) is 0 Å². The quantitative estimate of drug-likeness (QED) is 0.845. The molecule has 20 heavy (non-hydrogen) atoms. The first kappa shape index (κ1) is 13.2. The van der Waals surface area contributed by atoms with Crippen molar-refractivity contribution in [1.82, 2.24) is 9.97 Å². The van der Waals surface area contributed by atoms with Crippen molar-refractivity contribution in [2.45, 2.75) is 31.5 Å². The fourth-order valence-electron chi connectivity index (χ4n) is 2.53. The molecule has 1 aromatic heterocycles. The molecule has 0 aliphatic heterocycles. The van der Waals surface area contributed by atoms with Crippen molar-refractivity contribution >= 4 is 0 Å². The molecule has 0 radical (unpaired) electrons. The fraction of sp³-hybridized carbons (Fsp3) is 0.357. The van der Waals surface area contributed by atoms with Crippen molar-refractivity contribution in [3.8, 4) is 11.4 Å². The maximum atomic E-state index is 13.0. The lowest BCUT2D eigenvalue weighted by Crippen LogP contribution is -2.18. The van der Waals surface area contributed by atoms with E-state index in [1.807, 2.05) is 0 Å². The topological polar surface area (TPSA) is 48.9 Å². The van der Waals surface area contributed by atoms with Crippen molar-refractivity contribution in [2.24, 2.45) is 0 Å². The number of imidazole rings is 1. The zero-order chi connectivity index (χ0) is 14.3. The van der Waals surface area contributed by atoms with Crippen LogP contribution in [0.15, 0.2) is 24.3 Å². The highest BCUT2D eigenvalue weighted by Crippen LogP contribution is 2.36. The van der Waals surface area contributed by atoms with E-state index in [2.05, 4.69) is 9.97 Å². The number of aliphatic hydroxyl groups is 1. The third kappa shape index (κ3) is 2.31. The predicted octanol–water partition coefficient (Wildman–Crippen LogP) is 2.95. The summed E-state index contributed by atoms with van der Waals surface area (Å²) in [4.78, 5) is 7.18. The molecule has 2 aromatic rings. The monoisotopic (exact) mass is 282 g/mol. The van der Waals surface area contributed by atoms with Crippen LogP contribution in [0.1, 0.15) is 23.4 Å². The van der Waals surface area contributed by atoms with Crippen LogP contribution in [0.4, 0.5) is 13.2 Å². The molecule has 0 spiro atoms. The van der Waals surface area contributed by atoms with E-state index >= 15 is 0 Å². The number of aromatic nitrogens is 2. The Morgan fingerprint density at radius 1 is 1.25 bits per heavy atom. The first-order chi connectivity index (χ1) is 9.45. The zero-order valence-corrected chi connectivity index (χ0v) is 10.5. The van der Waals surface area contributed by atoms with Gasteiger partial charge in [0.25, 0.3) is 0 Å². The average molecular weight is 282 g/mol. The Hall–Kier alpha value is -1.82. The van der Waals surface area contributed by atoms with Crippen molar-refractivity contribution < 1.29 is 18.3 Å². The van der Waals surface area contributed by atoms with Crippen molar-refractivity contribution in [3.63, 3.8) is 0 Å². The molecule has 6 heteroatoms. The highest BCUT2D eigenvalue weighted by Gasteiger charge is 2.34. The minimum absolute atomic E-state index is 0.0453. The second kappa shape index (κ2) is 4.63. The Morgan fingerprint density at radius 3 is 2.75 bits per heavy atom. The smallest absolute Gasteiger partial charge is 0.393 e. The number of halogens is 3. The summed E-state index contributed by atoms with van der Waals surface area (Å²) in [6.07, 6.45) is -3.27. The third-order valence-electron chi connectivity index (χ3n) is 3.51. The molecule has 0 bridgehead atoms. The van der Waals surface area contributed by atoms with Crippen LogP contribution in [0.3, 0.4) is 0 Å². The normalized spacial score (nSPS) is 18.9. The molecule has 1 unspecified atom stereocenters. The number of aryl methyl sites for hydroxylation is 1. The Balaban J connectivity index is 2.07. The lowest BCUT2D eigenvalue weighted by molar-refractivity contribution is -0.137. The van der Waals surface area contributed by atoms with Gasteiger partial charge in [-0.3, -0.25) is 0 Å². The van der Waals surface area contributed by atoms with Crippen LogP contribution in [0.25, 0.3) is 11.4 Å². The SMILES string of the molecule is OC1CCc2nc(-c3ccccc3C(F)(F)F)[nH]c2C1.